The van der Waals surface area contributed by atoms with Gasteiger partial charge in [0.05, 0.1) is 18.3 Å². The number of fused-ring (bicyclic) bond motifs is 1. The summed E-state index contributed by atoms with van der Waals surface area (Å²) in [6.45, 7) is 13.3. The first kappa shape index (κ1) is 20.9. The van der Waals surface area contributed by atoms with Gasteiger partial charge in [-0.25, -0.2) is 0 Å². The Hall–Kier alpha value is -1.81. The van der Waals surface area contributed by atoms with Crippen LogP contribution in [-0.4, -0.2) is 21.2 Å². The van der Waals surface area contributed by atoms with E-state index in [-0.39, 0.29) is 5.04 Å². The van der Waals surface area contributed by atoms with Crippen molar-refractivity contribution in [2.24, 2.45) is 11.3 Å². The molecule has 3 nitrogen and oxygen atoms in total. The minimum absolute atomic E-state index is 0.0778. The number of hydrogen-bond donors (Lipinski definition) is 0. The van der Waals surface area contributed by atoms with Crippen LogP contribution in [0.2, 0.25) is 18.1 Å². The van der Waals surface area contributed by atoms with Crippen LogP contribution in [0.1, 0.15) is 52.5 Å². The lowest BCUT2D eigenvalue weighted by atomic mass is 9.81. The highest BCUT2D eigenvalue weighted by molar-refractivity contribution is 6.74. The number of methoxy groups -OCH3 is 1. The number of benzene rings is 1. The first-order valence-electron chi connectivity index (χ1n) is 10.3. The number of hydrogen-bond acceptors (Lipinski definition) is 3. The number of ether oxygens (including phenoxy) is 1. The Labute approximate surface area is 171 Å². The molecule has 0 amide bonds. The molecule has 3 rings (SSSR count). The first-order chi connectivity index (χ1) is 13.0. The van der Waals surface area contributed by atoms with Crippen LogP contribution in [0, 0.1) is 11.3 Å². The summed E-state index contributed by atoms with van der Waals surface area (Å²) in [6.07, 6.45) is 4.60. The molecule has 1 saturated carbocycles. The Morgan fingerprint density at radius 3 is 2.43 bits per heavy atom. The van der Waals surface area contributed by atoms with Crippen molar-refractivity contribution in [3.05, 3.63) is 53.3 Å². The van der Waals surface area contributed by atoms with Crippen molar-refractivity contribution in [2.75, 3.05) is 7.11 Å². The van der Waals surface area contributed by atoms with E-state index in [1.54, 1.807) is 7.11 Å². The summed E-state index contributed by atoms with van der Waals surface area (Å²) in [5.74, 6) is 2.40. The van der Waals surface area contributed by atoms with Gasteiger partial charge in [0.15, 0.2) is 0 Å². The number of carbonyl (C=O) groups excluding carboxylic acids is 1. The number of rotatable bonds is 5. The molecule has 0 bridgehead atoms. The molecular formula is C24H34O3Si. The summed E-state index contributed by atoms with van der Waals surface area (Å²) in [5, 5.41) is 0.0778. The molecule has 0 heterocycles. The maximum atomic E-state index is 12.9. The van der Waals surface area contributed by atoms with Gasteiger partial charge >= 0.3 is 0 Å². The van der Waals surface area contributed by atoms with Crippen molar-refractivity contribution in [3.8, 4) is 0 Å². The molecule has 0 N–H and O–H groups in total. The molecule has 4 heteroatoms. The van der Waals surface area contributed by atoms with Crippen molar-refractivity contribution in [2.45, 2.75) is 65.1 Å². The Bertz CT molecular complexity index is 814. The topological polar surface area (TPSA) is 35.5 Å². The van der Waals surface area contributed by atoms with Gasteiger partial charge in [-0.3, -0.25) is 4.79 Å². The van der Waals surface area contributed by atoms with E-state index in [9.17, 15) is 4.79 Å². The largest absolute Gasteiger partial charge is 0.545 e. The van der Waals surface area contributed by atoms with Crippen molar-refractivity contribution >= 4 is 19.9 Å². The molecule has 1 fully saturated rings. The molecule has 2 aliphatic rings. The molecule has 0 spiro atoms. The van der Waals surface area contributed by atoms with E-state index >= 15 is 0 Å². The molecule has 2 aliphatic carbocycles. The fraction of sp³-hybridized carbons (Fsp3) is 0.542. The fourth-order valence-corrected chi connectivity index (χ4v) is 5.28. The van der Waals surface area contributed by atoms with E-state index in [2.05, 4.69) is 46.9 Å². The van der Waals surface area contributed by atoms with Gasteiger partial charge in [-0.05, 0) is 55.5 Å². The highest BCUT2D eigenvalue weighted by atomic mass is 28.4. The summed E-state index contributed by atoms with van der Waals surface area (Å²) in [7, 11) is -0.364. The summed E-state index contributed by atoms with van der Waals surface area (Å²) in [5.41, 5.74) is 1.68. The van der Waals surface area contributed by atoms with Gasteiger partial charge in [0.2, 0.25) is 8.32 Å². The maximum Gasteiger partial charge on any atom is 0.250 e. The zero-order valence-corrected chi connectivity index (χ0v) is 19.4. The first-order valence-corrected chi connectivity index (χ1v) is 13.2. The molecule has 28 heavy (non-hydrogen) atoms. The highest BCUT2D eigenvalue weighted by Gasteiger charge is 2.56. The molecule has 0 saturated heterocycles. The molecule has 0 unspecified atom stereocenters. The third-order valence-corrected chi connectivity index (χ3v) is 11.4. The van der Waals surface area contributed by atoms with Crippen LogP contribution < -0.4 is 0 Å². The zero-order chi connectivity index (χ0) is 20.7. The summed E-state index contributed by atoms with van der Waals surface area (Å²) < 4.78 is 12.6. The third kappa shape index (κ3) is 3.47. The predicted octanol–water partition coefficient (Wildman–Crippen LogP) is 6.34. The van der Waals surface area contributed by atoms with Crippen LogP contribution in [0.4, 0.5) is 0 Å². The Morgan fingerprint density at radius 2 is 1.86 bits per heavy atom. The lowest BCUT2D eigenvalue weighted by molar-refractivity contribution is -0.125. The second-order valence-corrected chi connectivity index (χ2v) is 14.6. The lowest BCUT2D eigenvalue weighted by Gasteiger charge is -2.40. The molecule has 0 aromatic heterocycles. The van der Waals surface area contributed by atoms with Gasteiger partial charge in [0, 0.05) is 12.0 Å². The van der Waals surface area contributed by atoms with Crippen molar-refractivity contribution < 1.29 is 14.0 Å². The average molecular weight is 399 g/mol. The van der Waals surface area contributed by atoms with E-state index in [0.29, 0.717) is 18.1 Å². The second kappa shape index (κ2) is 7.22. The van der Waals surface area contributed by atoms with Gasteiger partial charge in [-0.2, -0.15) is 0 Å². The van der Waals surface area contributed by atoms with E-state index in [0.717, 1.165) is 35.5 Å². The van der Waals surface area contributed by atoms with E-state index in [1.807, 2.05) is 30.3 Å². The molecule has 1 aromatic rings. The summed E-state index contributed by atoms with van der Waals surface area (Å²) in [4.78, 5) is 12.9. The predicted molar refractivity (Wildman–Crippen MR) is 117 cm³/mol. The highest BCUT2D eigenvalue weighted by Crippen LogP contribution is 2.57. The quantitative estimate of drug-likeness (QED) is 0.429. The normalized spacial score (nSPS) is 25.9. The van der Waals surface area contributed by atoms with Crippen molar-refractivity contribution in [3.63, 3.8) is 0 Å². The maximum absolute atomic E-state index is 12.9. The Balaban J connectivity index is 2.11. The van der Waals surface area contributed by atoms with E-state index in [1.165, 1.54) is 0 Å². The van der Waals surface area contributed by atoms with Crippen LogP contribution >= 0.6 is 0 Å². The van der Waals surface area contributed by atoms with Crippen LogP contribution in [0.15, 0.2) is 47.7 Å². The number of carbonyl (C=O) groups is 1. The standard InChI is InChI=1S/C24H34O3Si/c1-23(2,3)28(6,7)27-22-18(15-19-13-14-21(25)24(19,22)4)16-20(26-5)17-11-9-8-10-12-17/h8-12,16,19H,13-15H2,1-7H3/b20-16-/t19-,24+/m0/s1. The van der Waals surface area contributed by atoms with Gasteiger partial charge in [-0.1, -0.05) is 51.1 Å². The van der Waals surface area contributed by atoms with Gasteiger partial charge < -0.3 is 9.16 Å². The second-order valence-electron chi connectivity index (χ2n) is 9.86. The smallest absolute Gasteiger partial charge is 0.250 e. The lowest BCUT2D eigenvalue weighted by Crippen LogP contribution is -2.43. The van der Waals surface area contributed by atoms with Crippen molar-refractivity contribution in [1.82, 2.24) is 0 Å². The van der Waals surface area contributed by atoms with E-state index < -0.39 is 13.7 Å². The number of Topliss-reactive ketones (excluding diaryl/α,β-unsaturated/α-hetero) is 1. The molecule has 2 atom stereocenters. The third-order valence-electron chi connectivity index (χ3n) is 7.09. The average Bonchev–Trinajstić information content (AvgIpc) is 3.06. The van der Waals surface area contributed by atoms with Gasteiger partial charge in [-0.15, -0.1) is 0 Å². The minimum atomic E-state index is -2.07. The van der Waals surface area contributed by atoms with Gasteiger partial charge in [0.1, 0.15) is 11.5 Å². The Morgan fingerprint density at radius 1 is 1.21 bits per heavy atom. The summed E-state index contributed by atoms with van der Waals surface area (Å²) >= 11 is 0. The fourth-order valence-electron chi connectivity index (χ4n) is 4.12. The molecule has 1 aromatic carbocycles. The zero-order valence-electron chi connectivity index (χ0n) is 18.4. The van der Waals surface area contributed by atoms with Crippen LogP contribution in [-0.2, 0) is 14.0 Å². The molecule has 152 valence electrons. The Kier molecular flexibility index (Phi) is 5.39. The monoisotopic (exact) mass is 398 g/mol. The van der Waals surface area contributed by atoms with Crippen molar-refractivity contribution in [1.29, 1.82) is 0 Å². The van der Waals surface area contributed by atoms with Gasteiger partial charge in [0.25, 0.3) is 0 Å². The van der Waals surface area contributed by atoms with Crippen LogP contribution in [0.25, 0.3) is 5.76 Å². The van der Waals surface area contributed by atoms with Crippen LogP contribution in [0.5, 0.6) is 0 Å². The molecular weight excluding hydrogens is 364 g/mol. The minimum Gasteiger partial charge on any atom is -0.545 e. The SMILES string of the molecule is CO/C(=C\C1=C(O[Si](C)(C)C(C)(C)C)[C@@]2(C)C(=O)CC[C@H]2C1)c1ccccc1. The van der Waals surface area contributed by atoms with Crippen LogP contribution in [0.3, 0.4) is 0 Å². The summed E-state index contributed by atoms with van der Waals surface area (Å²) in [6, 6.07) is 10.1. The molecule has 0 aliphatic heterocycles. The van der Waals surface area contributed by atoms with E-state index in [4.69, 9.17) is 9.16 Å². The number of allylic oxidation sites excluding steroid dienone is 3. The number of ketones is 1. The molecule has 0 radical (unpaired) electrons.